The van der Waals surface area contributed by atoms with Crippen molar-refractivity contribution in [1.82, 2.24) is 0 Å². The molecule has 2 aliphatic heterocycles. The molecule has 0 amide bonds. The zero-order valence-corrected chi connectivity index (χ0v) is 35.0. The molecule has 2 saturated heterocycles. The molecule has 5 rings (SSSR count). The lowest BCUT2D eigenvalue weighted by molar-refractivity contribution is -0.269. The van der Waals surface area contributed by atoms with E-state index >= 15 is 0 Å². The van der Waals surface area contributed by atoms with Crippen molar-refractivity contribution in [1.29, 1.82) is 0 Å². The summed E-state index contributed by atoms with van der Waals surface area (Å²) in [7, 11) is 0. The Kier molecular flexibility index (Phi) is 12.8. The number of ether oxygens (including phenoxy) is 9. The van der Waals surface area contributed by atoms with Crippen molar-refractivity contribution in [2.24, 2.45) is 17.3 Å². The van der Waals surface area contributed by atoms with Crippen LogP contribution in [0.15, 0.2) is 30.3 Å². The van der Waals surface area contributed by atoms with Crippen molar-refractivity contribution in [3.63, 3.8) is 0 Å². The first-order chi connectivity index (χ1) is 27.8. The topological polar surface area (TPSA) is 263 Å². The number of esters is 8. The van der Waals surface area contributed by atoms with E-state index in [1.54, 1.807) is 19.9 Å². The second kappa shape index (κ2) is 16.7. The molecular weight excluding hydrogens is 796 g/mol. The van der Waals surface area contributed by atoms with E-state index in [0.29, 0.717) is 0 Å². The van der Waals surface area contributed by atoms with Crippen LogP contribution in [0.3, 0.4) is 0 Å². The molecule has 2 heterocycles. The quantitative estimate of drug-likeness (QED) is 0.213. The Bertz CT molecular complexity index is 1900. The fraction of sp³-hybridized carbons (Fsp3) is 0.659. The van der Waals surface area contributed by atoms with Gasteiger partial charge in [-0.1, -0.05) is 39.0 Å². The number of epoxide rings is 1. The number of aliphatic hydroxyl groups is 2. The van der Waals surface area contributed by atoms with Gasteiger partial charge in [-0.05, 0) is 25.5 Å². The van der Waals surface area contributed by atoms with Gasteiger partial charge in [-0.3, -0.25) is 33.6 Å². The largest absolute Gasteiger partial charge is 0.459 e. The van der Waals surface area contributed by atoms with Crippen LogP contribution in [0.25, 0.3) is 0 Å². The Balaban J connectivity index is 2.01. The van der Waals surface area contributed by atoms with Crippen LogP contribution < -0.4 is 0 Å². The van der Waals surface area contributed by atoms with Crippen molar-refractivity contribution in [3.05, 3.63) is 35.9 Å². The summed E-state index contributed by atoms with van der Waals surface area (Å²) in [5, 5.41) is 27.4. The Morgan fingerprint density at radius 2 is 1.20 bits per heavy atom. The highest BCUT2D eigenvalue weighted by Crippen LogP contribution is 2.59. The third-order valence-corrected chi connectivity index (χ3v) is 11.8. The van der Waals surface area contributed by atoms with Crippen molar-refractivity contribution in [2.45, 2.75) is 154 Å². The molecule has 4 aliphatic rings. The van der Waals surface area contributed by atoms with E-state index in [4.69, 9.17) is 42.6 Å². The summed E-state index contributed by atoms with van der Waals surface area (Å²) in [5.74, 6) is -11.8. The molecule has 0 unspecified atom stereocenters. The Hall–Kier alpha value is -5.14. The fourth-order valence-corrected chi connectivity index (χ4v) is 9.49. The Morgan fingerprint density at radius 3 is 1.73 bits per heavy atom. The zero-order chi connectivity index (χ0) is 44.9. The minimum atomic E-state index is -3.00. The molecule has 2 aliphatic carbocycles. The van der Waals surface area contributed by atoms with Gasteiger partial charge in [0.2, 0.25) is 0 Å². The molecular formula is C41H52O19. The van der Waals surface area contributed by atoms with Crippen LogP contribution in [0.4, 0.5) is 0 Å². The maximum absolute atomic E-state index is 14.4. The van der Waals surface area contributed by atoms with E-state index in [2.05, 4.69) is 0 Å². The van der Waals surface area contributed by atoms with E-state index in [1.807, 2.05) is 0 Å². The van der Waals surface area contributed by atoms with E-state index in [9.17, 15) is 48.6 Å². The minimum absolute atomic E-state index is 0.115. The molecule has 330 valence electrons. The molecule has 0 aromatic heterocycles. The smallest absolute Gasteiger partial charge is 0.338 e. The van der Waals surface area contributed by atoms with E-state index in [0.717, 1.165) is 48.5 Å². The summed E-state index contributed by atoms with van der Waals surface area (Å²) in [6.45, 7) is 11.7. The maximum atomic E-state index is 14.4. The van der Waals surface area contributed by atoms with Gasteiger partial charge in [0.05, 0.1) is 23.7 Å². The number of hydrogen-bond acceptors (Lipinski definition) is 19. The molecule has 1 aromatic carbocycles. The van der Waals surface area contributed by atoms with Gasteiger partial charge in [0.25, 0.3) is 0 Å². The summed E-state index contributed by atoms with van der Waals surface area (Å²) >= 11 is 0. The van der Waals surface area contributed by atoms with Crippen molar-refractivity contribution in [3.8, 4) is 0 Å². The highest BCUT2D eigenvalue weighted by molar-refractivity contribution is 5.89. The second-order valence-electron chi connectivity index (χ2n) is 16.6. The first-order valence-electron chi connectivity index (χ1n) is 19.4. The average Bonchev–Trinajstić information content (AvgIpc) is 3.93. The normalized spacial score (nSPS) is 37.9. The van der Waals surface area contributed by atoms with Crippen LogP contribution >= 0.6 is 0 Å². The van der Waals surface area contributed by atoms with Crippen molar-refractivity contribution in [2.75, 3.05) is 0 Å². The lowest BCUT2D eigenvalue weighted by Gasteiger charge is -2.52. The van der Waals surface area contributed by atoms with Gasteiger partial charge >= 0.3 is 47.8 Å². The van der Waals surface area contributed by atoms with Crippen LogP contribution in [-0.2, 0) is 76.2 Å². The molecule has 0 radical (unpaired) electrons. The number of hydrogen-bond donors (Lipinski definition) is 2. The molecule has 60 heavy (non-hydrogen) atoms. The second-order valence-corrected chi connectivity index (χ2v) is 16.6. The van der Waals surface area contributed by atoms with Gasteiger partial charge in [0.1, 0.15) is 17.8 Å². The zero-order valence-electron chi connectivity index (χ0n) is 35.0. The third kappa shape index (κ3) is 8.43. The highest BCUT2D eigenvalue weighted by Gasteiger charge is 2.81. The summed E-state index contributed by atoms with van der Waals surface area (Å²) in [4.78, 5) is 107. The lowest BCUT2D eigenvalue weighted by Crippen LogP contribution is -2.72. The van der Waals surface area contributed by atoms with Crippen LogP contribution in [-0.4, -0.2) is 130 Å². The predicted octanol–water partition coefficient (Wildman–Crippen LogP) is 1.43. The lowest BCUT2D eigenvalue weighted by atomic mass is 9.65. The number of fused-ring (bicyclic) bond motifs is 2. The van der Waals surface area contributed by atoms with Crippen LogP contribution in [0.2, 0.25) is 0 Å². The summed E-state index contributed by atoms with van der Waals surface area (Å²) in [5.41, 5.74) is -10.0. The molecule has 19 heteroatoms. The standard InChI is InChI=1S/C41H52O19/c1-18-28-33(58-28)38(8,9)34(54-21(4)44)29(52-19(2)42)35(55-22(5)45)40(50)17-16-26(48)57-31-27(32(40)59-36(49)25-14-12-11-13-15-25)41(51,30(18)53-20(3)43)37(56-23(6)46)39(31,10)60-24(7)47/h11-15,18,27-35,37,50-51H,16-17H2,1-10H3/t18-,27+,28-,29-,30-,31+,32+,33+,34+,35+,37+,39-,40-,41+/m0/s1. The highest BCUT2D eigenvalue weighted by atomic mass is 16.7. The molecule has 14 atom stereocenters. The molecule has 2 bridgehead atoms. The summed E-state index contributed by atoms with van der Waals surface area (Å²) in [6.07, 6.45) is -18.0. The van der Waals surface area contributed by atoms with Gasteiger partial charge in [-0.15, -0.1) is 0 Å². The van der Waals surface area contributed by atoms with Gasteiger partial charge in [-0.25, -0.2) is 4.79 Å². The van der Waals surface area contributed by atoms with Crippen LogP contribution in [0.1, 0.15) is 92.4 Å². The minimum Gasteiger partial charge on any atom is -0.459 e. The van der Waals surface area contributed by atoms with Crippen molar-refractivity contribution < 1.29 is 91.2 Å². The average molecular weight is 849 g/mol. The van der Waals surface area contributed by atoms with Gasteiger partial charge < -0.3 is 52.8 Å². The van der Waals surface area contributed by atoms with Gasteiger partial charge in [0.15, 0.2) is 41.7 Å². The maximum Gasteiger partial charge on any atom is 0.338 e. The monoisotopic (exact) mass is 848 g/mol. The van der Waals surface area contributed by atoms with Gasteiger partial charge in [-0.2, -0.15) is 0 Å². The SMILES string of the molecule is CC(=O)O[C@H]1[C@@H](OC(C)=O)C(C)(C)[C@@H]2O[C@H]2[C@H](C)[C@H](OC(C)=O)[C@]2(O)[C@H]3[C@@H](OC(=O)c4ccccc4)[C@@](O)(CCC(=O)O[C@H]3[C@](C)(OC(C)=O)[C@H]2OC(C)=O)[C@@H]1OC(C)=O. The number of rotatable bonds is 8. The van der Waals surface area contributed by atoms with Gasteiger partial charge in [0, 0.05) is 59.3 Å². The summed E-state index contributed by atoms with van der Waals surface area (Å²) < 4.78 is 53.6. The molecule has 1 aromatic rings. The Labute approximate surface area is 345 Å². The fourth-order valence-electron chi connectivity index (χ4n) is 9.49. The van der Waals surface area contributed by atoms with E-state index in [-0.39, 0.29) is 5.56 Å². The first-order valence-corrected chi connectivity index (χ1v) is 19.4. The van der Waals surface area contributed by atoms with Crippen LogP contribution in [0.5, 0.6) is 0 Å². The van der Waals surface area contributed by atoms with E-state index in [1.165, 1.54) is 31.2 Å². The Morgan fingerprint density at radius 1 is 0.667 bits per heavy atom. The molecule has 4 fully saturated rings. The number of carbonyl (C=O) groups is 8. The molecule has 2 saturated carbocycles. The summed E-state index contributed by atoms with van der Waals surface area (Å²) in [6, 6.07) is 7.28. The predicted molar refractivity (Wildman–Crippen MR) is 198 cm³/mol. The van der Waals surface area contributed by atoms with E-state index < -0.39 is 150 Å². The molecule has 19 nitrogen and oxygen atoms in total. The number of carbonyl (C=O) groups excluding carboxylic acids is 8. The molecule has 2 N–H and O–H groups in total. The number of benzene rings is 1. The van der Waals surface area contributed by atoms with Crippen LogP contribution in [0, 0.1) is 17.3 Å². The van der Waals surface area contributed by atoms with Crippen molar-refractivity contribution >= 4 is 47.8 Å². The first kappa shape index (κ1) is 45.9. The third-order valence-electron chi connectivity index (χ3n) is 11.8. The molecule has 0 spiro atoms.